The summed E-state index contributed by atoms with van der Waals surface area (Å²) in [6, 6.07) is 27.2. The molecule has 0 saturated carbocycles. The molecule has 176 valence electrons. The maximum atomic E-state index is 11.0. The topological polar surface area (TPSA) is 105 Å². The first-order valence-electron chi connectivity index (χ1n) is 10.8. The number of nitrogens with zero attached hydrogens (tertiary/aromatic N) is 2. The van der Waals surface area contributed by atoms with Crippen LogP contribution in [0.15, 0.2) is 97.1 Å². The van der Waals surface area contributed by atoms with Crippen molar-refractivity contribution in [2.75, 3.05) is 0 Å². The second kappa shape index (κ2) is 9.64. The van der Waals surface area contributed by atoms with Crippen LogP contribution in [0.3, 0.4) is 0 Å². The zero-order chi connectivity index (χ0) is 25.0. The Labute approximate surface area is 201 Å². The van der Waals surface area contributed by atoms with E-state index < -0.39 is 9.85 Å². The molecule has 0 unspecified atom stereocenters. The minimum absolute atomic E-state index is 0.0295. The van der Waals surface area contributed by atoms with Gasteiger partial charge in [-0.1, -0.05) is 50.2 Å². The van der Waals surface area contributed by atoms with Crippen LogP contribution in [-0.4, -0.2) is 9.85 Å². The Kier molecular flexibility index (Phi) is 6.46. The average Bonchev–Trinajstić information content (AvgIpc) is 2.85. The first-order valence-corrected chi connectivity index (χ1v) is 10.8. The van der Waals surface area contributed by atoms with Gasteiger partial charge in [0.25, 0.3) is 11.4 Å². The average molecular weight is 470 g/mol. The summed E-state index contributed by atoms with van der Waals surface area (Å²) >= 11 is 0. The van der Waals surface area contributed by atoms with Gasteiger partial charge in [0.2, 0.25) is 0 Å². The Morgan fingerprint density at radius 3 is 1.29 bits per heavy atom. The number of nitro groups is 2. The smallest absolute Gasteiger partial charge is 0.273 e. The Morgan fingerprint density at radius 2 is 0.943 bits per heavy atom. The van der Waals surface area contributed by atoms with Crippen LogP contribution in [-0.2, 0) is 5.41 Å². The predicted octanol–water partition coefficient (Wildman–Crippen LogP) is 7.41. The van der Waals surface area contributed by atoms with Crippen LogP contribution in [0.25, 0.3) is 0 Å². The van der Waals surface area contributed by atoms with Crippen LogP contribution >= 0.6 is 0 Å². The van der Waals surface area contributed by atoms with Crippen molar-refractivity contribution < 1.29 is 19.3 Å². The minimum atomic E-state index is -0.460. The third-order valence-corrected chi connectivity index (χ3v) is 5.68. The standard InChI is InChI=1S/C27H22N2O6/c1-27(2,19-9-13-23(14-10-19)34-25-7-3-5-21(17-25)28(30)31)20-11-15-24(16-12-20)35-26-8-4-6-22(18-26)29(32)33/h3-18H,1-2H3. The molecule has 35 heavy (non-hydrogen) atoms. The van der Waals surface area contributed by atoms with Gasteiger partial charge in [-0.3, -0.25) is 20.2 Å². The molecule has 8 heteroatoms. The van der Waals surface area contributed by atoms with Crippen LogP contribution in [0.1, 0.15) is 25.0 Å². The maximum absolute atomic E-state index is 11.0. The molecular formula is C27H22N2O6. The van der Waals surface area contributed by atoms with Gasteiger partial charge in [0.05, 0.1) is 22.0 Å². The molecule has 0 fully saturated rings. The lowest BCUT2D eigenvalue weighted by Crippen LogP contribution is -2.18. The molecule has 0 aromatic heterocycles. The van der Waals surface area contributed by atoms with Gasteiger partial charge in [-0.05, 0) is 47.5 Å². The fourth-order valence-electron chi connectivity index (χ4n) is 3.64. The third-order valence-electron chi connectivity index (χ3n) is 5.68. The molecule has 4 rings (SSSR count). The van der Waals surface area contributed by atoms with E-state index in [1.54, 1.807) is 24.3 Å². The second-order valence-corrected chi connectivity index (χ2v) is 8.39. The van der Waals surface area contributed by atoms with Gasteiger partial charge in [0, 0.05) is 17.5 Å². The normalized spacial score (nSPS) is 11.0. The quantitative estimate of drug-likeness (QED) is 0.196. The fraction of sp³-hybridized carbons (Fsp3) is 0.111. The van der Waals surface area contributed by atoms with Gasteiger partial charge in [-0.15, -0.1) is 0 Å². The summed E-state index contributed by atoms with van der Waals surface area (Å²) in [4.78, 5) is 21.0. The van der Waals surface area contributed by atoms with E-state index >= 15 is 0 Å². The van der Waals surface area contributed by atoms with Crippen molar-refractivity contribution in [1.82, 2.24) is 0 Å². The van der Waals surface area contributed by atoms with Crippen molar-refractivity contribution >= 4 is 11.4 Å². The summed E-state index contributed by atoms with van der Waals surface area (Å²) in [6.07, 6.45) is 0. The summed E-state index contributed by atoms with van der Waals surface area (Å²) in [6.45, 7) is 4.19. The number of benzene rings is 4. The van der Waals surface area contributed by atoms with Crippen molar-refractivity contribution in [2.45, 2.75) is 19.3 Å². The molecule has 0 N–H and O–H groups in total. The number of ether oxygens (including phenoxy) is 2. The molecule has 0 amide bonds. The highest BCUT2D eigenvalue weighted by molar-refractivity contribution is 5.45. The Bertz CT molecular complexity index is 1260. The molecule has 4 aromatic rings. The van der Waals surface area contributed by atoms with E-state index in [2.05, 4.69) is 13.8 Å². The summed E-state index contributed by atoms with van der Waals surface area (Å²) in [5.41, 5.74) is 1.72. The van der Waals surface area contributed by atoms with E-state index in [0.717, 1.165) is 11.1 Å². The number of nitro benzene ring substituents is 2. The molecule has 0 aliphatic carbocycles. The molecular weight excluding hydrogens is 448 g/mol. The van der Waals surface area contributed by atoms with E-state index in [0.29, 0.717) is 23.0 Å². The van der Waals surface area contributed by atoms with Crippen LogP contribution in [0, 0.1) is 20.2 Å². The lowest BCUT2D eigenvalue weighted by Gasteiger charge is -2.26. The molecule has 0 heterocycles. The number of hydrogen-bond acceptors (Lipinski definition) is 6. The largest absolute Gasteiger partial charge is 0.457 e. The van der Waals surface area contributed by atoms with Crippen LogP contribution < -0.4 is 9.47 Å². The molecule has 0 atom stereocenters. The van der Waals surface area contributed by atoms with Gasteiger partial charge in [0.1, 0.15) is 23.0 Å². The third kappa shape index (κ3) is 5.44. The van der Waals surface area contributed by atoms with Crippen molar-refractivity contribution in [3.05, 3.63) is 128 Å². The van der Waals surface area contributed by atoms with Crippen molar-refractivity contribution in [1.29, 1.82) is 0 Å². The fourth-order valence-corrected chi connectivity index (χ4v) is 3.64. The molecule has 8 nitrogen and oxygen atoms in total. The molecule has 4 aromatic carbocycles. The van der Waals surface area contributed by atoms with Gasteiger partial charge in [-0.25, -0.2) is 0 Å². The summed E-state index contributed by atoms with van der Waals surface area (Å²) in [5.74, 6) is 1.94. The lowest BCUT2D eigenvalue weighted by molar-refractivity contribution is -0.385. The number of non-ortho nitro benzene ring substituents is 2. The van der Waals surface area contributed by atoms with Crippen molar-refractivity contribution in [3.8, 4) is 23.0 Å². The van der Waals surface area contributed by atoms with Crippen molar-refractivity contribution in [3.63, 3.8) is 0 Å². The first-order chi connectivity index (χ1) is 16.7. The monoisotopic (exact) mass is 470 g/mol. The molecule has 0 radical (unpaired) electrons. The van der Waals surface area contributed by atoms with E-state index in [-0.39, 0.29) is 16.8 Å². The van der Waals surface area contributed by atoms with Gasteiger partial charge in [-0.2, -0.15) is 0 Å². The Morgan fingerprint density at radius 1 is 0.571 bits per heavy atom. The Balaban J connectivity index is 1.47. The summed E-state index contributed by atoms with van der Waals surface area (Å²) in [5, 5.41) is 21.9. The second-order valence-electron chi connectivity index (χ2n) is 8.39. The predicted molar refractivity (Wildman–Crippen MR) is 131 cm³/mol. The first kappa shape index (κ1) is 23.4. The van der Waals surface area contributed by atoms with Crippen LogP contribution in [0.5, 0.6) is 23.0 Å². The maximum Gasteiger partial charge on any atom is 0.273 e. The van der Waals surface area contributed by atoms with Gasteiger partial charge >= 0.3 is 0 Å². The highest BCUT2D eigenvalue weighted by Crippen LogP contribution is 2.35. The number of hydrogen-bond donors (Lipinski definition) is 0. The van der Waals surface area contributed by atoms with Crippen LogP contribution in [0.4, 0.5) is 11.4 Å². The highest BCUT2D eigenvalue weighted by Gasteiger charge is 2.23. The molecule has 0 spiro atoms. The highest BCUT2D eigenvalue weighted by atomic mass is 16.6. The van der Waals surface area contributed by atoms with Crippen molar-refractivity contribution in [2.24, 2.45) is 0 Å². The zero-order valence-electron chi connectivity index (χ0n) is 19.1. The van der Waals surface area contributed by atoms with E-state index in [1.165, 1.54) is 24.3 Å². The molecule has 0 saturated heterocycles. The SMILES string of the molecule is CC(C)(c1ccc(Oc2cccc([N+](=O)[O-])c2)cc1)c1ccc(Oc2cccc([N+](=O)[O-])c2)cc1. The zero-order valence-corrected chi connectivity index (χ0v) is 19.1. The van der Waals surface area contributed by atoms with E-state index in [4.69, 9.17) is 9.47 Å². The summed E-state index contributed by atoms with van der Waals surface area (Å²) in [7, 11) is 0. The van der Waals surface area contributed by atoms with Gasteiger partial charge in [0.15, 0.2) is 0 Å². The van der Waals surface area contributed by atoms with E-state index in [9.17, 15) is 20.2 Å². The minimum Gasteiger partial charge on any atom is -0.457 e. The number of rotatable bonds is 8. The van der Waals surface area contributed by atoms with Gasteiger partial charge < -0.3 is 9.47 Å². The van der Waals surface area contributed by atoms with E-state index in [1.807, 2.05) is 48.5 Å². The molecule has 0 aliphatic rings. The molecule has 0 aliphatic heterocycles. The molecule has 0 bridgehead atoms. The lowest BCUT2D eigenvalue weighted by atomic mass is 9.78. The Hall–Kier alpha value is -4.72. The van der Waals surface area contributed by atoms with Crippen LogP contribution in [0.2, 0.25) is 0 Å². The summed E-state index contributed by atoms with van der Waals surface area (Å²) < 4.78 is 11.5.